The van der Waals surface area contributed by atoms with Crippen LogP contribution >= 0.6 is 11.3 Å². The van der Waals surface area contributed by atoms with Gasteiger partial charge in [-0.3, -0.25) is 9.59 Å². The fourth-order valence-corrected chi connectivity index (χ4v) is 3.90. The summed E-state index contributed by atoms with van der Waals surface area (Å²) in [5, 5.41) is 3.69. The summed E-state index contributed by atoms with van der Waals surface area (Å²) in [5.41, 5.74) is 4.55. The molecule has 0 aliphatic heterocycles. The molecule has 6 heteroatoms. The van der Waals surface area contributed by atoms with Crippen LogP contribution < -0.4 is 5.32 Å². The molecule has 28 heavy (non-hydrogen) atoms. The van der Waals surface area contributed by atoms with E-state index < -0.39 is 0 Å². The van der Waals surface area contributed by atoms with Crippen molar-refractivity contribution in [3.8, 4) is 10.6 Å². The van der Waals surface area contributed by atoms with E-state index in [0.717, 1.165) is 27.4 Å². The average molecular weight is 394 g/mol. The minimum Gasteiger partial charge on any atom is -0.332 e. The number of thiazole rings is 1. The summed E-state index contributed by atoms with van der Waals surface area (Å²) in [5.74, 6) is -0.428. The molecule has 1 N–H and O–H groups in total. The van der Waals surface area contributed by atoms with Crippen LogP contribution in [-0.4, -0.2) is 35.3 Å². The first-order valence-corrected chi connectivity index (χ1v) is 9.83. The molecule has 0 bridgehead atoms. The number of carbonyl (C=O) groups is 2. The predicted octanol–water partition coefficient (Wildman–Crippen LogP) is 4.45. The highest BCUT2D eigenvalue weighted by molar-refractivity contribution is 7.17. The Bertz CT molecular complexity index is 1010. The number of amides is 2. The zero-order valence-electron chi connectivity index (χ0n) is 16.4. The summed E-state index contributed by atoms with van der Waals surface area (Å²) in [6.45, 7) is 5.76. The lowest BCUT2D eigenvalue weighted by Gasteiger charge is -2.17. The van der Waals surface area contributed by atoms with Crippen molar-refractivity contribution in [1.29, 1.82) is 0 Å². The molecule has 144 valence electrons. The predicted molar refractivity (Wildman–Crippen MR) is 114 cm³/mol. The van der Waals surface area contributed by atoms with Crippen LogP contribution in [0.1, 0.15) is 26.5 Å². The molecule has 0 spiro atoms. The highest BCUT2D eigenvalue weighted by atomic mass is 32.1. The molecule has 0 saturated heterocycles. The van der Waals surface area contributed by atoms with E-state index in [0.29, 0.717) is 10.6 Å². The standard InChI is InChI=1S/C22H23N3O2S/c1-14-9-8-12-18(15(14)2)24-19(26)13-25(4)22(27)20-16(3)23-21(28-20)17-10-6-5-7-11-17/h5-12H,13H2,1-4H3,(H,24,26). The Labute approximate surface area is 169 Å². The van der Waals surface area contributed by atoms with Gasteiger partial charge in [-0.1, -0.05) is 42.5 Å². The van der Waals surface area contributed by atoms with Crippen LogP contribution in [0.5, 0.6) is 0 Å². The molecule has 3 rings (SSSR count). The van der Waals surface area contributed by atoms with Crippen molar-refractivity contribution in [1.82, 2.24) is 9.88 Å². The zero-order chi connectivity index (χ0) is 20.3. The van der Waals surface area contributed by atoms with Crippen molar-refractivity contribution in [3.63, 3.8) is 0 Å². The number of likely N-dealkylation sites (N-methyl/N-ethyl adjacent to an activating group) is 1. The molecule has 0 fully saturated rings. The lowest BCUT2D eigenvalue weighted by atomic mass is 10.1. The average Bonchev–Trinajstić information content (AvgIpc) is 3.07. The number of rotatable bonds is 5. The van der Waals surface area contributed by atoms with Gasteiger partial charge in [-0.15, -0.1) is 11.3 Å². The van der Waals surface area contributed by atoms with Gasteiger partial charge in [0.15, 0.2) is 0 Å². The second-order valence-corrected chi connectivity index (χ2v) is 7.76. The third kappa shape index (κ3) is 4.28. The topological polar surface area (TPSA) is 62.3 Å². The van der Waals surface area contributed by atoms with Gasteiger partial charge < -0.3 is 10.2 Å². The molecule has 2 aromatic carbocycles. The molecule has 3 aromatic rings. The third-order valence-corrected chi connectivity index (χ3v) is 5.81. The van der Waals surface area contributed by atoms with Crippen molar-refractivity contribution in [2.45, 2.75) is 20.8 Å². The van der Waals surface area contributed by atoms with Crippen LogP contribution in [0.25, 0.3) is 10.6 Å². The van der Waals surface area contributed by atoms with Gasteiger partial charge in [-0.25, -0.2) is 4.98 Å². The van der Waals surface area contributed by atoms with E-state index in [1.54, 1.807) is 7.05 Å². The van der Waals surface area contributed by atoms with Crippen molar-refractivity contribution in [2.24, 2.45) is 0 Å². The van der Waals surface area contributed by atoms with E-state index in [1.165, 1.54) is 16.2 Å². The molecule has 0 atom stereocenters. The first-order chi connectivity index (χ1) is 13.4. The molecular formula is C22H23N3O2S. The Morgan fingerprint density at radius 1 is 1.04 bits per heavy atom. The van der Waals surface area contributed by atoms with E-state index in [4.69, 9.17) is 0 Å². The minimum absolute atomic E-state index is 0.0236. The second kappa shape index (κ2) is 8.35. The first-order valence-electron chi connectivity index (χ1n) is 9.01. The van der Waals surface area contributed by atoms with Gasteiger partial charge in [0.25, 0.3) is 5.91 Å². The second-order valence-electron chi connectivity index (χ2n) is 6.76. The van der Waals surface area contributed by atoms with Gasteiger partial charge in [0, 0.05) is 18.3 Å². The molecule has 0 saturated carbocycles. The number of carbonyl (C=O) groups excluding carboxylic acids is 2. The third-order valence-electron chi connectivity index (χ3n) is 4.62. The summed E-state index contributed by atoms with van der Waals surface area (Å²) in [6.07, 6.45) is 0. The molecule has 0 unspecified atom stereocenters. The number of benzene rings is 2. The van der Waals surface area contributed by atoms with Crippen LogP contribution in [0.2, 0.25) is 0 Å². The van der Waals surface area contributed by atoms with Crippen LogP contribution in [0.3, 0.4) is 0 Å². The molecule has 5 nitrogen and oxygen atoms in total. The quantitative estimate of drug-likeness (QED) is 0.697. The van der Waals surface area contributed by atoms with E-state index in [1.807, 2.05) is 69.3 Å². The number of aryl methyl sites for hydroxylation is 2. The van der Waals surface area contributed by atoms with Crippen molar-refractivity contribution in [2.75, 3.05) is 18.9 Å². The normalized spacial score (nSPS) is 10.6. The number of nitrogens with zero attached hydrogens (tertiary/aromatic N) is 2. The fraction of sp³-hybridized carbons (Fsp3) is 0.227. The Morgan fingerprint density at radius 3 is 2.46 bits per heavy atom. The maximum Gasteiger partial charge on any atom is 0.266 e. The lowest BCUT2D eigenvalue weighted by molar-refractivity contribution is -0.116. The van der Waals surface area contributed by atoms with Crippen LogP contribution in [0.4, 0.5) is 5.69 Å². The Kier molecular flexibility index (Phi) is 5.90. The Balaban J connectivity index is 1.70. The van der Waals surface area contributed by atoms with Gasteiger partial charge in [-0.2, -0.15) is 0 Å². The maximum atomic E-state index is 12.8. The van der Waals surface area contributed by atoms with Crippen LogP contribution in [-0.2, 0) is 4.79 Å². The smallest absolute Gasteiger partial charge is 0.266 e. The van der Waals surface area contributed by atoms with Gasteiger partial charge in [0.2, 0.25) is 5.91 Å². The molecule has 0 aliphatic carbocycles. The van der Waals surface area contributed by atoms with Gasteiger partial charge in [0.05, 0.1) is 12.2 Å². The molecule has 1 aromatic heterocycles. The zero-order valence-corrected chi connectivity index (χ0v) is 17.3. The van der Waals surface area contributed by atoms with Crippen molar-refractivity contribution < 1.29 is 9.59 Å². The summed E-state index contributed by atoms with van der Waals surface area (Å²) >= 11 is 1.35. The summed E-state index contributed by atoms with van der Waals surface area (Å²) in [7, 11) is 1.63. The molecule has 0 aliphatic rings. The van der Waals surface area contributed by atoms with E-state index in [9.17, 15) is 9.59 Å². The number of anilines is 1. The lowest BCUT2D eigenvalue weighted by Crippen LogP contribution is -2.35. The van der Waals surface area contributed by atoms with Crippen molar-refractivity contribution in [3.05, 3.63) is 70.2 Å². The Morgan fingerprint density at radius 2 is 1.75 bits per heavy atom. The molecule has 2 amide bonds. The number of hydrogen-bond donors (Lipinski definition) is 1. The number of hydrogen-bond acceptors (Lipinski definition) is 4. The Hall–Kier alpha value is -2.99. The fourth-order valence-electron chi connectivity index (χ4n) is 2.84. The number of aromatic nitrogens is 1. The van der Waals surface area contributed by atoms with E-state index in [-0.39, 0.29) is 18.4 Å². The highest BCUT2D eigenvalue weighted by Gasteiger charge is 2.21. The summed E-state index contributed by atoms with van der Waals surface area (Å²) in [6, 6.07) is 15.5. The highest BCUT2D eigenvalue weighted by Crippen LogP contribution is 2.28. The number of nitrogens with one attached hydrogen (secondary N) is 1. The van der Waals surface area contributed by atoms with E-state index >= 15 is 0 Å². The maximum absolute atomic E-state index is 12.8. The van der Waals surface area contributed by atoms with Crippen molar-refractivity contribution >= 4 is 28.8 Å². The van der Waals surface area contributed by atoms with E-state index in [2.05, 4.69) is 10.3 Å². The summed E-state index contributed by atoms with van der Waals surface area (Å²) < 4.78 is 0. The minimum atomic E-state index is -0.227. The van der Waals surface area contributed by atoms with Gasteiger partial charge in [0.1, 0.15) is 9.88 Å². The van der Waals surface area contributed by atoms with Gasteiger partial charge in [-0.05, 0) is 38.0 Å². The molecular weight excluding hydrogens is 370 g/mol. The van der Waals surface area contributed by atoms with Crippen LogP contribution in [0, 0.1) is 20.8 Å². The van der Waals surface area contributed by atoms with Crippen LogP contribution in [0.15, 0.2) is 48.5 Å². The monoisotopic (exact) mass is 393 g/mol. The SMILES string of the molecule is Cc1cccc(NC(=O)CN(C)C(=O)c2sc(-c3ccccc3)nc2C)c1C. The molecule has 0 radical (unpaired) electrons. The first kappa shape index (κ1) is 19.8. The molecule has 1 heterocycles. The summed E-state index contributed by atoms with van der Waals surface area (Å²) in [4.78, 5) is 31.8. The largest absolute Gasteiger partial charge is 0.332 e. The van der Waals surface area contributed by atoms with Gasteiger partial charge >= 0.3 is 0 Å².